The first kappa shape index (κ1) is 32.2. The van der Waals surface area contributed by atoms with Crippen LogP contribution < -0.4 is 0 Å². The quantitative estimate of drug-likeness (QED) is 0.287. The molecule has 0 radical (unpaired) electrons. The van der Waals surface area contributed by atoms with Crippen molar-refractivity contribution in [3.63, 3.8) is 0 Å². The maximum Gasteiger partial charge on any atom is 0.312 e. The number of carbonyl (C=O) groups excluding carboxylic acids is 3. The average Bonchev–Trinajstić information content (AvgIpc) is 3.53. The zero-order valence-electron chi connectivity index (χ0n) is 26.5. The van der Waals surface area contributed by atoms with E-state index in [0.717, 1.165) is 12.0 Å². The number of ether oxygens (including phenoxy) is 2. The molecular formula is C34H50N2O6. The molecule has 1 aromatic rings. The number of benzene rings is 1. The summed E-state index contributed by atoms with van der Waals surface area (Å²) >= 11 is 0. The number of rotatable bonds is 12. The van der Waals surface area contributed by atoms with Crippen molar-refractivity contribution >= 4 is 17.8 Å². The number of fused-ring (bicyclic) bond motifs is 1. The molecule has 3 heterocycles. The van der Waals surface area contributed by atoms with Crippen LogP contribution in [0.3, 0.4) is 0 Å². The number of esters is 1. The predicted molar refractivity (Wildman–Crippen MR) is 161 cm³/mol. The van der Waals surface area contributed by atoms with E-state index in [4.69, 9.17) is 9.47 Å². The molecule has 1 aromatic carbocycles. The van der Waals surface area contributed by atoms with Crippen molar-refractivity contribution in [2.45, 2.75) is 109 Å². The monoisotopic (exact) mass is 582 g/mol. The summed E-state index contributed by atoms with van der Waals surface area (Å²) in [7, 11) is 0. The summed E-state index contributed by atoms with van der Waals surface area (Å²) < 4.78 is 12.4. The Morgan fingerprint density at radius 2 is 1.86 bits per heavy atom. The van der Waals surface area contributed by atoms with Gasteiger partial charge in [0.2, 0.25) is 11.8 Å². The van der Waals surface area contributed by atoms with Crippen LogP contribution in [0.4, 0.5) is 0 Å². The largest absolute Gasteiger partial charge is 0.466 e. The summed E-state index contributed by atoms with van der Waals surface area (Å²) in [5.74, 6) is -2.67. The number of aliphatic hydroxyl groups is 1. The lowest BCUT2D eigenvalue weighted by Gasteiger charge is -2.46. The lowest BCUT2D eigenvalue weighted by Crippen LogP contribution is -2.62. The summed E-state index contributed by atoms with van der Waals surface area (Å²) in [4.78, 5) is 46.6. The Bertz CT molecular complexity index is 1180. The predicted octanol–water partition coefficient (Wildman–Crippen LogP) is 4.54. The number of amides is 2. The molecule has 2 bridgehead atoms. The van der Waals surface area contributed by atoms with Crippen molar-refractivity contribution in [2.75, 3.05) is 19.8 Å². The van der Waals surface area contributed by atoms with Crippen LogP contribution in [0.15, 0.2) is 43.0 Å². The first-order chi connectivity index (χ1) is 19.7. The van der Waals surface area contributed by atoms with Crippen molar-refractivity contribution in [3.05, 3.63) is 48.6 Å². The second-order valence-corrected chi connectivity index (χ2v) is 14.1. The molecule has 8 heteroatoms. The second kappa shape index (κ2) is 11.8. The van der Waals surface area contributed by atoms with Crippen molar-refractivity contribution in [1.29, 1.82) is 0 Å². The summed E-state index contributed by atoms with van der Waals surface area (Å²) in [6.45, 7) is 18.3. The molecule has 0 aromatic heterocycles. The van der Waals surface area contributed by atoms with E-state index >= 15 is 4.79 Å². The highest BCUT2D eigenvalue weighted by atomic mass is 16.6. The van der Waals surface area contributed by atoms with E-state index in [0.29, 0.717) is 32.2 Å². The van der Waals surface area contributed by atoms with Gasteiger partial charge in [0.25, 0.3) is 0 Å². The van der Waals surface area contributed by atoms with Crippen LogP contribution in [0.2, 0.25) is 0 Å². The SMILES string of the molecule is C=CCN(C(=O)C1N([C@@H](CO)Cc2ccccc2)C(=O)[C@@H]2[C@@H](C(=O)OCC)[C@@]3(CC)CCC12O3)C(C)(C)CC(C)(C)C. The molecule has 1 spiro atoms. The molecule has 4 rings (SSSR count). The van der Waals surface area contributed by atoms with Crippen LogP contribution in [0, 0.1) is 17.3 Å². The van der Waals surface area contributed by atoms with E-state index in [1.165, 1.54) is 0 Å². The molecule has 42 heavy (non-hydrogen) atoms. The van der Waals surface area contributed by atoms with Gasteiger partial charge < -0.3 is 24.4 Å². The number of hydrogen-bond donors (Lipinski definition) is 1. The highest BCUT2D eigenvalue weighted by Gasteiger charge is 2.79. The first-order valence-corrected chi connectivity index (χ1v) is 15.5. The Kier molecular flexibility index (Phi) is 9.02. The fraction of sp³-hybridized carbons (Fsp3) is 0.676. The molecule has 2 amide bonds. The molecular weight excluding hydrogens is 532 g/mol. The van der Waals surface area contributed by atoms with E-state index in [-0.39, 0.29) is 30.4 Å². The lowest BCUT2D eigenvalue weighted by molar-refractivity contribution is -0.164. The minimum absolute atomic E-state index is 0.0697. The smallest absolute Gasteiger partial charge is 0.312 e. The molecule has 3 saturated heterocycles. The van der Waals surface area contributed by atoms with Crippen LogP contribution in [0.25, 0.3) is 0 Å². The Labute approximate surface area is 251 Å². The molecule has 0 saturated carbocycles. The van der Waals surface area contributed by atoms with Crippen LogP contribution >= 0.6 is 0 Å². The first-order valence-electron chi connectivity index (χ1n) is 15.5. The fourth-order valence-electron chi connectivity index (χ4n) is 8.36. The second-order valence-electron chi connectivity index (χ2n) is 14.1. The summed E-state index contributed by atoms with van der Waals surface area (Å²) in [5.41, 5.74) is -1.75. The summed E-state index contributed by atoms with van der Waals surface area (Å²) in [6, 6.07) is 7.98. The van der Waals surface area contributed by atoms with Gasteiger partial charge >= 0.3 is 5.97 Å². The number of likely N-dealkylation sites (tertiary alicyclic amines) is 1. The van der Waals surface area contributed by atoms with Gasteiger partial charge in [-0.15, -0.1) is 6.58 Å². The molecule has 3 fully saturated rings. The Morgan fingerprint density at radius 1 is 1.19 bits per heavy atom. The van der Waals surface area contributed by atoms with E-state index in [1.54, 1.807) is 17.9 Å². The van der Waals surface area contributed by atoms with E-state index in [1.807, 2.05) is 56.0 Å². The molecule has 6 atom stereocenters. The fourth-order valence-corrected chi connectivity index (χ4v) is 8.36. The van der Waals surface area contributed by atoms with Gasteiger partial charge in [0.05, 0.1) is 30.8 Å². The standard InChI is InChI=1S/C34H50N2O6/c1-9-19-35(32(7,8)22-31(4,5)6)29(39)27-34-18-17-33(10-2,42-34)26(30(40)41-11-3)25(34)28(38)36(27)24(21-37)20-23-15-13-12-14-16-23/h9,12-16,24-27,37H,1,10-11,17-22H2,2-8H3/t24-,25+,26+,27?,33-,34?/m1/s1. The van der Waals surface area contributed by atoms with Gasteiger partial charge in [-0.2, -0.15) is 0 Å². The van der Waals surface area contributed by atoms with E-state index in [9.17, 15) is 14.7 Å². The zero-order valence-corrected chi connectivity index (χ0v) is 26.5. The van der Waals surface area contributed by atoms with Crippen LogP contribution in [-0.4, -0.2) is 81.3 Å². The molecule has 2 unspecified atom stereocenters. The molecule has 232 valence electrons. The normalized spacial score (nSPS) is 29.4. The van der Waals surface area contributed by atoms with Crippen molar-refractivity contribution < 1.29 is 29.0 Å². The number of hydrogen-bond acceptors (Lipinski definition) is 6. The van der Waals surface area contributed by atoms with Gasteiger partial charge in [-0.05, 0) is 63.9 Å². The Balaban J connectivity index is 1.87. The van der Waals surface area contributed by atoms with E-state index in [2.05, 4.69) is 27.4 Å². The molecule has 3 aliphatic rings. The van der Waals surface area contributed by atoms with Crippen molar-refractivity contribution in [3.8, 4) is 0 Å². The van der Waals surface area contributed by atoms with Gasteiger partial charge in [-0.1, -0.05) is 64.1 Å². The highest BCUT2D eigenvalue weighted by Crippen LogP contribution is 2.65. The molecule has 8 nitrogen and oxygen atoms in total. The van der Waals surface area contributed by atoms with Crippen molar-refractivity contribution in [2.24, 2.45) is 17.3 Å². The van der Waals surface area contributed by atoms with Crippen molar-refractivity contribution in [1.82, 2.24) is 9.80 Å². The third kappa shape index (κ3) is 5.41. The molecule has 1 N–H and O–H groups in total. The molecule has 0 aliphatic carbocycles. The van der Waals surface area contributed by atoms with Gasteiger partial charge in [-0.25, -0.2) is 0 Å². The third-order valence-electron chi connectivity index (χ3n) is 9.58. The van der Waals surface area contributed by atoms with Crippen LogP contribution in [0.1, 0.15) is 79.7 Å². The summed E-state index contributed by atoms with van der Waals surface area (Å²) in [5, 5.41) is 10.7. The lowest BCUT2D eigenvalue weighted by atomic mass is 9.65. The van der Waals surface area contributed by atoms with Gasteiger partial charge in [-0.3, -0.25) is 14.4 Å². The van der Waals surface area contributed by atoms with Crippen LogP contribution in [-0.2, 0) is 30.3 Å². The molecule has 3 aliphatic heterocycles. The number of nitrogens with zero attached hydrogens (tertiary/aromatic N) is 2. The number of carbonyl (C=O) groups is 3. The maximum atomic E-state index is 15.0. The topological polar surface area (TPSA) is 96.4 Å². The Morgan fingerprint density at radius 3 is 2.40 bits per heavy atom. The van der Waals surface area contributed by atoms with Gasteiger partial charge in [0.1, 0.15) is 17.6 Å². The zero-order chi connectivity index (χ0) is 31.1. The van der Waals surface area contributed by atoms with Crippen LogP contribution in [0.5, 0.6) is 0 Å². The Hall–Kier alpha value is -2.71. The maximum absolute atomic E-state index is 15.0. The highest BCUT2D eigenvalue weighted by molar-refractivity contribution is 5.99. The van der Waals surface area contributed by atoms with E-state index < -0.39 is 46.6 Å². The van der Waals surface area contributed by atoms with Gasteiger partial charge in [0.15, 0.2) is 0 Å². The minimum atomic E-state index is -1.19. The number of aliphatic hydroxyl groups excluding tert-OH is 1. The summed E-state index contributed by atoms with van der Waals surface area (Å²) in [6.07, 6.45) is 4.37. The average molecular weight is 583 g/mol. The minimum Gasteiger partial charge on any atom is -0.466 e. The third-order valence-corrected chi connectivity index (χ3v) is 9.58. The van der Waals surface area contributed by atoms with Gasteiger partial charge in [0, 0.05) is 12.1 Å².